The summed E-state index contributed by atoms with van der Waals surface area (Å²) in [6.45, 7) is 0. The lowest BCUT2D eigenvalue weighted by atomic mass is 10.3. The number of ether oxygens (including phenoxy) is 1. The van der Waals surface area contributed by atoms with E-state index < -0.39 is 5.97 Å². The Kier molecular flexibility index (Phi) is 4.51. The molecule has 0 aromatic carbocycles. The van der Waals surface area contributed by atoms with Crippen molar-refractivity contribution in [1.82, 2.24) is 4.98 Å². The van der Waals surface area contributed by atoms with Gasteiger partial charge in [-0.3, -0.25) is 0 Å². The second-order valence-corrected chi connectivity index (χ2v) is 2.39. The maximum Gasteiger partial charge on any atom is 0.358 e. The molecule has 0 spiro atoms. The van der Waals surface area contributed by atoms with Gasteiger partial charge in [-0.25, -0.2) is 9.78 Å². The number of aromatic carboxylic acids is 1. The molecule has 13 heavy (non-hydrogen) atoms. The van der Waals surface area contributed by atoms with Gasteiger partial charge in [0.2, 0.25) is 0 Å². The molecule has 4 nitrogen and oxygen atoms in total. The number of carboxylic acids is 1. The molecule has 0 unspecified atom stereocenters. The molecule has 0 fully saturated rings. The number of halogens is 2. The van der Waals surface area contributed by atoms with Gasteiger partial charge in [-0.15, -0.1) is 12.4 Å². The minimum atomic E-state index is -1.16. The number of pyridine rings is 1. The van der Waals surface area contributed by atoms with Crippen LogP contribution in [0.25, 0.3) is 0 Å². The molecule has 0 radical (unpaired) electrons. The minimum absolute atomic E-state index is 0. The van der Waals surface area contributed by atoms with E-state index in [-0.39, 0.29) is 28.9 Å². The van der Waals surface area contributed by atoms with Gasteiger partial charge in [0.25, 0.3) is 0 Å². The van der Waals surface area contributed by atoms with E-state index >= 15 is 0 Å². The fourth-order valence-corrected chi connectivity index (χ4v) is 0.994. The zero-order valence-electron chi connectivity index (χ0n) is 6.65. The number of methoxy groups -OCH3 is 1. The summed E-state index contributed by atoms with van der Waals surface area (Å²) in [4.78, 5) is 14.1. The zero-order chi connectivity index (χ0) is 9.14. The van der Waals surface area contributed by atoms with Crippen LogP contribution in [0, 0.1) is 0 Å². The van der Waals surface area contributed by atoms with E-state index in [2.05, 4.69) is 4.98 Å². The largest absolute Gasteiger partial charge is 0.493 e. The average Bonchev–Trinajstić information content (AvgIpc) is 2.03. The Morgan fingerprint density at radius 1 is 1.69 bits per heavy atom. The average molecular weight is 224 g/mol. The van der Waals surface area contributed by atoms with Crippen LogP contribution < -0.4 is 4.74 Å². The van der Waals surface area contributed by atoms with E-state index in [0.717, 1.165) is 0 Å². The zero-order valence-corrected chi connectivity index (χ0v) is 8.22. The van der Waals surface area contributed by atoms with E-state index in [4.69, 9.17) is 21.4 Å². The van der Waals surface area contributed by atoms with Crippen molar-refractivity contribution in [3.63, 3.8) is 0 Å². The lowest BCUT2D eigenvalue weighted by Gasteiger charge is -2.04. The Morgan fingerprint density at radius 3 is 2.69 bits per heavy atom. The Labute approximate surface area is 85.9 Å². The standard InChI is InChI=1S/C7H6ClNO3.ClH/c1-12-6-4(8)2-3-9-5(6)7(10)11;/h2-3H,1H3,(H,10,11);1H. The number of carbonyl (C=O) groups is 1. The van der Waals surface area contributed by atoms with E-state index in [1.165, 1.54) is 19.4 Å². The van der Waals surface area contributed by atoms with Crippen LogP contribution in [0.15, 0.2) is 12.3 Å². The first-order valence-electron chi connectivity index (χ1n) is 3.08. The molecule has 1 heterocycles. The maximum absolute atomic E-state index is 10.5. The fraction of sp³-hybridized carbons (Fsp3) is 0.143. The third kappa shape index (κ3) is 2.47. The van der Waals surface area contributed by atoms with Crippen molar-refractivity contribution in [3.05, 3.63) is 23.0 Å². The van der Waals surface area contributed by atoms with Gasteiger partial charge in [0, 0.05) is 6.20 Å². The SMILES string of the molecule is COc1c(Cl)ccnc1C(=O)O.Cl. The highest BCUT2D eigenvalue weighted by molar-refractivity contribution is 6.32. The van der Waals surface area contributed by atoms with Crippen molar-refractivity contribution in [3.8, 4) is 5.75 Å². The summed E-state index contributed by atoms with van der Waals surface area (Å²) in [5.74, 6) is -1.07. The molecular weight excluding hydrogens is 217 g/mol. The first-order chi connectivity index (χ1) is 5.66. The van der Waals surface area contributed by atoms with Crippen molar-refractivity contribution < 1.29 is 14.6 Å². The summed E-state index contributed by atoms with van der Waals surface area (Å²) in [6.07, 6.45) is 1.31. The Bertz CT molecular complexity index is 317. The lowest BCUT2D eigenvalue weighted by molar-refractivity contribution is 0.0686. The van der Waals surface area contributed by atoms with Crippen LogP contribution in [0.3, 0.4) is 0 Å². The van der Waals surface area contributed by atoms with E-state index in [9.17, 15) is 4.79 Å². The second-order valence-electron chi connectivity index (χ2n) is 1.98. The molecular formula is C7H7Cl2NO3. The molecule has 0 saturated heterocycles. The van der Waals surface area contributed by atoms with Crippen molar-refractivity contribution in [2.45, 2.75) is 0 Å². The number of aromatic nitrogens is 1. The molecule has 0 atom stereocenters. The highest BCUT2D eigenvalue weighted by Gasteiger charge is 2.14. The second kappa shape index (κ2) is 4.89. The summed E-state index contributed by atoms with van der Waals surface area (Å²) in [5, 5.41) is 8.86. The normalized spacial score (nSPS) is 8.77. The molecule has 0 aliphatic rings. The molecule has 72 valence electrons. The van der Waals surface area contributed by atoms with Crippen molar-refractivity contribution in [1.29, 1.82) is 0 Å². The van der Waals surface area contributed by atoms with Crippen LogP contribution in [0.1, 0.15) is 10.5 Å². The molecule has 6 heteroatoms. The van der Waals surface area contributed by atoms with E-state index in [0.29, 0.717) is 0 Å². The van der Waals surface area contributed by atoms with Gasteiger partial charge in [0.05, 0.1) is 12.1 Å². The van der Waals surface area contributed by atoms with Gasteiger partial charge in [-0.2, -0.15) is 0 Å². The van der Waals surface area contributed by atoms with Gasteiger partial charge in [-0.1, -0.05) is 11.6 Å². The molecule has 0 amide bonds. The number of hydrogen-bond donors (Lipinski definition) is 1. The van der Waals surface area contributed by atoms with Gasteiger partial charge >= 0.3 is 5.97 Å². The van der Waals surface area contributed by atoms with Crippen LogP contribution in [0.2, 0.25) is 5.02 Å². The number of hydrogen-bond acceptors (Lipinski definition) is 3. The van der Waals surface area contributed by atoms with Crippen molar-refractivity contribution in [2.75, 3.05) is 7.11 Å². The molecule has 0 bridgehead atoms. The van der Waals surface area contributed by atoms with Crippen LogP contribution in [0.5, 0.6) is 5.75 Å². The number of rotatable bonds is 2. The minimum Gasteiger partial charge on any atom is -0.493 e. The van der Waals surface area contributed by atoms with Gasteiger partial charge in [0.15, 0.2) is 11.4 Å². The highest BCUT2D eigenvalue weighted by atomic mass is 35.5. The van der Waals surface area contributed by atoms with Crippen LogP contribution in [-0.4, -0.2) is 23.2 Å². The van der Waals surface area contributed by atoms with Gasteiger partial charge in [0.1, 0.15) is 0 Å². The number of carboxylic acid groups (broad SMARTS) is 1. The summed E-state index contributed by atoms with van der Waals surface area (Å²) < 4.78 is 4.76. The third-order valence-electron chi connectivity index (χ3n) is 1.26. The number of nitrogens with zero attached hydrogens (tertiary/aromatic N) is 1. The van der Waals surface area contributed by atoms with Crippen LogP contribution in [0.4, 0.5) is 0 Å². The van der Waals surface area contributed by atoms with E-state index in [1.807, 2.05) is 0 Å². The molecule has 0 aliphatic heterocycles. The summed E-state index contributed by atoms with van der Waals surface area (Å²) in [5.41, 5.74) is -0.176. The summed E-state index contributed by atoms with van der Waals surface area (Å²) >= 11 is 5.65. The van der Waals surface area contributed by atoms with Gasteiger partial charge in [-0.05, 0) is 6.07 Å². The van der Waals surface area contributed by atoms with Crippen LogP contribution >= 0.6 is 24.0 Å². The molecule has 1 rings (SSSR count). The monoisotopic (exact) mass is 223 g/mol. The first kappa shape index (κ1) is 12.0. The molecule has 0 aliphatic carbocycles. The first-order valence-corrected chi connectivity index (χ1v) is 3.46. The Balaban J connectivity index is 0.00000144. The van der Waals surface area contributed by atoms with Crippen LogP contribution in [-0.2, 0) is 0 Å². The topological polar surface area (TPSA) is 59.4 Å². The van der Waals surface area contributed by atoms with Gasteiger partial charge < -0.3 is 9.84 Å². The van der Waals surface area contributed by atoms with Crippen molar-refractivity contribution >= 4 is 30.0 Å². The summed E-state index contributed by atoms with van der Waals surface area (Å²) in [7, 11) is 1.34. The lowest BCUT2D eigenvalue weighted by Crippen LogP contribution is -2.03. The summed E-state index contributed by atoms with van der Waals surface area (Å²) in [6, 6.07) is 1.47. The molecule has 0 saturated carbocycles. The quantitative estimate of drug-likeness (QED) is 0.832. The van der Waals surface area contributed by atoms with E-state index in [1.54, 1.807) is 0 Å². The maximum atomic E-state index is 10.5. The third-order valence-corrected chi connectivity index (χ3v) is 1.56. The molecule has 1 N–H and O–H groups in total. The molecule has 1 aromatic rings. The Hall–Kier alpha value is -1.00. The highest BCUT2D eigenvalue weighted by Crippen LogP contribution is 2.25. The fourth-order valence-electron chi connectivity index (χ4n) is 0.771. The smallest absolute Gasteiger partial charge is 0.358 e. The predicted molar refractivity (Wildman–Crippen MR) is 50.0 cm³/mol. The van der Waals surface area contributed by atoms with Crippen molar-refractivity contribution in [2.24, 2.45) is 0 Å². The predicted octanol–water partition coefficient (Wildman–Crippen LogP) is 1.86. The molecule has 1 aromatic heterocycles. The Morgan fingerprint density at radius 2 is 2.31 bits per heavy atom.